The molecule has 0 radical (unpaired) electrons. The van der Waals surface area contributed by atoms with Crippen LogP contribution in [0.1, 0.15) is 335 Å². The SMILES string of the molecule is CCCCCCCCCCCCCCCCCCCCCCCC/C=C/CC/C=C/CC/C=C/C(O)C(COP(=O)([O-])OCC[N+](C)(C)C)NC(=O)CCCCCCCCCCCCCCCCCCCCCCCC. The molecular formula is C67H131N2O6P. The van der Waals surface area contributed by atoms with Crippen molar-refractivity contribution in [3.05, 3.63) is 36.5 Å². The van der Waals surface area contributed by atoms with Gasteiger partial charge in [0, 0.05) is 6.42 Å². The first-order valence-corrected chi connectivity index (χ1v) is 34.8. The third-order valence-corrected chi connectivity index (χ3v) is 16.3. The number of aliphatic hydroxyl groups excluding tert-OH is 1. The number of phosphoric ester groups is 1. The van der Waals surface area contributed by atoms with Gasteiger partial charge >= 0.3 is 0 Å². The van der Waals surface area contributed by atoms with E-state index in [9.17, 15) is 19.4 Å². The summed E-state index contributed by atoms with van der Waals surface area (Å²) in [5.41, 5.74) is 0. The number of quaternary nitrogens is 1. The van der Waals surface area contributed by atoms with E-state index in [1.54, 1.807) is 6.08 Å². The Labute approximate surface area is 474 Å². The molecule has 8 nitrogen and oxygen atoms in total. The maximum absolute atomic E-state index is 13.0. The quantitative estimate of drug-likeness (QED) is 0.0272. The zero-order valence-electron chi connectivity index (χ0n) is 51.5. The van der Waals surface area contributed by atoms with Crippen LogP contribution in [0.4, 0.5) is 0 Å². The molecule has 0 heterocycles. The summed E-state index contributed by atoms with van der Waals surface area (Å²) in [7, 11) is 1.25. The maximum Gasteiger partial charge on any atom is 0.268 e. The molecule has 1 amide bonds. The summed E-state index contributed by atoms with van der Waals surface area (Å²) in [4.78, 5) is 25.6. The summed E-state index contributed by atoms with van der Waals surface area (Å²) in [5.74, 6) is -0.205. The Bertz CT molecular complexity index is 1330. The standard InChI is InChI=1S/C67H131N2O6P/c1-6-8-10-12-14-16-18-20-22-24-26-28-30-31-32-33-34-35-36-37-38-39-40-42-44-46-48-50-52-54-56-58-60-66(70)65(64-75-76(72,73)74-63-62-69(3,4)5)68-67(71)61-59-57-55-53-51-49-47-45-43-41-29-27-25-23-21-19-17-15-13-11-9-7-2/h42,44,50,52,58,60,65-66,70H,6-41,43,45-49,51,53-57,59,61-64H2,1-5H3,(H-,68,71,72,73)/b44-42+,52-50+,60-58+. The van der Waals surface area contributed by atoms with E-state index in [0.29, 0.717) is 17.4 Å². The number of allylic oxidation sites excluding steroid dienone is 5. The normalized spacial score (nSPS) is 13.9. The largest absolute Gasteiger partial charge is 0.756 e. The third-order valence-electron chi connectivity index (χ3n) is 15.3. The summed E-state index contributed by atoms with van der Waals surface area (Å²) < 4.78 is 23.4. The van der Waals surface area contributed by atoms with Gasteiger partial charge < -0.3 is 28.8 Å². The van der Waals surface area contributed by atoms with Crippen molar-refractivity contribution >= 4 is 13.7 Å². The van der Waals surface area contributed by atoms with Crippen LogP contribution in [0.15, 0.2) is 36.5 Å². The molecule has 0 aliphatic heterocycles. The molecule has 0 rings (SSSR count). The second kappa shape index (κ2) is 58.4. The highest BCUT2D eigenvalue weighted by atomic mass is 31.2. The zero-order chi connectivity index (χ0) is 55.6. The van der Waals surface area contributed by atoms with Gasteiger partial charge in [0.2, 0.25) is 5.91 Å². The highest BCUT2D eigenvalue weighted by Crippen LogP contribution is 2.38. The lowest BCUT2D eigenvalue weighted by atomic mass is 10.0. The number of aliphatic hydroxyl groups is 1. The fourth-order valence-electron chi connectivity index (χ4n) is 10.1. The van der Waals surface area contributed by atoms with E-state index in [1.807, 2.05) is 27.2 Å². The Morgan fingerprint density at radius 3 is 1.07 bits per heavy atom. The van der Waals surface area contributed by atoms with Gasteiger partial charge in [-0.05, 0) is 44.9 Å². The molecule has 0 bridgehead atoms. The Morgan fingerprint density at radius 2 is 0.737 bits per heavy atom. The van der Waals surface area contributed by atoms with Crippen molar-refractivity contribution in [1.82, 2.24) is 5.32 Å². The molecule has 450 valence electrons. The van der Waals surface area contributed by atoms with Crippen molar-refractivity contribution in [3.8, 4) is 0 Å². The molecule has 0 spiro atoms. The molecule has 76 heavy (non-hydrogen) atoms. The zero-order valence-corrected chi connectivity index (χ0v) is 52.4. The first-order chi connectivity index (χ1) is 37.0. The van der Waals surface area contributed by atoms with Crippen LogP contribution in [0, 0.1) is 0 Å². The first kappa shape index (κ1) is 74.7. The van der Waals surface area contributed by atoms with Crippen LogP contribution in [-0.4, -0.2) is 68.5 Å². The van der Waals surface area contributed by atoms with Gasteiger partial charge in [0.1, 0.15) is 13.2 Å². The van der Waals surface area contributed by atoms with Crippen LogP contribution in [-0.2, 0) is 18.4 Å². The van der Waals surface area contributed by atoms with E-state index in [1.165, 1.54) is 270 Å². The fraction of sp³-hybridized carbons (Fsp3) is 0.896. The second-order valence-electron chi connectivity index (χ2n) is 24.2. The average molecular weight is 1090 g/mol. The molecule has 0 saturated heterocycles. The highest BCUT2D eigenvalue weighted by Gasteiger charge is 2.23. The minimum Gasteiger partial charge on any atom is -0.756 e. The van der Waals surface area contributed by atoms with E-state index in [4.69, 9.17) is 9.05 Å². The van der Waals surface area contributed by atoms with Crippen LogP contribution in [0.2, 0.25) is 0 Å². The third kappa shape index (κ3) is 60.4. The number of carbonyl (C=O) groups is 1. The molecule has 0 aliphatic carbocycles. The lowest BCUT2D eigenvalue weighted by Gasteiger charge is -2.29. The number of hydrogen-bond donors (Lipinski definition) is 2. The molecule has 9 heteroatoms. The molecular weight excluding hydrogens is 960 g/mol. The number of hydrogen-bond acceptors (Lipinski definition) is 6. The van der Waals surface area contributed by atoms with Crippen LogP contribution < -0.4 is 10.2 Å². The number of nitrogens with one attached hydrogen (secondary N) is 1. The molecule has 3 atom stereocenters. The summed E-state index contributed by atoms with van der Waals surface area (Å²) in [6.07, 6.45) is 77.0. The van der Waals surface area contributed by atoms with Crippen LogP contribution in [0.5, 0.6) is 0 Å². The van der Waals surface area contributed by atoms with E-state index >= 15 is 0 Å². The number of rotatable bonds is 62. The second-order valence-corrected chi connectivity index (χ2v) is 25.6. The predicted molar refractivity (Wildman–Crippen MR) is 330 cm³/mol. The summed E-state index contributed by atoms with van der Waals surface area (Å²) in [6.45, 7) is 4.68. The Hall–Kier alpha value is -1.28. The van der Waals surface area contributed by atoms with Gasteiger partial charge in [-0.2, -0.15) is 0 Å². The Kier molecular flexibility index (Phi) is 57.4. The highest BCUT2D eigenvalue weighted by molar-refractivity contribution is 7.45. The van der Waals surface area contributed by atoms with Crippen molar-refractivity contribution in [1.29, 1.82) is 0 Å². The van der Waals surface area contributed by atoms with E-state index in [-0.39, 0.29) is 12.5 Å². The number of likely N-dealkylation sites (N-methyl/N-ethyl adjacent to an activating group) is 1. The molecule has 0 aromatic rings. The molecule has 0 saturated carbocycles. The summed E-state index contributed by atoms with van der Waals surface area (Å²) >= 11 is 0. The topological polar surface area (TPSA) is 108 Å². The molecule has 0 aromatic heterocycles. The summed E-state index contributed by atoms with van der Waals surface area (Å²) in [6, 6.07) is -0.909. The van der Waals surface area contributed by atoms with Crippen LogP contribution >= 0.6 is 7.82 Å². The number of carbonyl (C=O) groups excluding carboxylic acids is 1. The Morgan fingerprint density at radius 1 is 0.447 bits per heavy atom. The van der Waals surface area contributed by atoms with Gasteiger partial charge in [-0.25, -0.2) is 0 Å². The predicted octanol–water partition coefficient (Wildman–Crippen LogP) is 20.3. The van der Waals surface area contributed by atoms with Crippen LogP contribution in [0.25, 0.3) is 0 Å². The monoisotopic (exact) mass is 1090 g/mol. The number of nitrogens with zero attached hydrogens (tertiary/aromatic N) is 1. The van der Waals surface area contributed by atoms with Crippen molar-refractivity contribution in [2.24, 2.45) is 0 Å². The van der Waals surface area contributed by atoms with Gasteiger partial charge in [0.15, 0.2) is 0 Å². The minimum atomic E-state index is -4.61. The van der Waals surface area contributed by atoms with Crippen molar-refractivity contribution in [3.63, 3.8) is 0 Å². The number of phosphoric acid groups is 1. The number of amides is 1. The first-order valence-electron chi connectivity index (χ1n) is 33.4. The van der Waals surface area contributed by atoms with E-state index < -0.39 is 26.6 Å². The van der Waals surface area contributed by atoms with Gasteiger partial charge in [-0.3, -0.25) is 9.36 Å². The average Bonchev–Trinajstić information content (AvgIpc) is 3.38. The summed E-state index contributed by atoms with van der Waals surface area (Å²) in [5, 5.41) is 13.9. The molecule has 2 N–H and O–H groups in total. The number of unbranched alkanes of at least 4 members (excludes halogenated alkanes) is 45. The van der Waals surface area contributed by atoms with Crippen molar-refractivity contribution < 1.29 is 32.9 Å². The van der Waals surface area contributed by atoms with E-state index in [2.05, 4.69) is 43.5 Å². The minimum absolute atomic E-state index is 0.00717. The van der Waals surface area contributed by atoms with Crippen LogP contribution in [0.3, 0.4) is 0 Å². The van der Waals surface area contributed by atoms with Gasteiger partial charge in [0.25, 0.3) is 7.82 Å². The molecule has 0 aliphatic rings. The van der Waals surface area contributed by atoms with E-state index in [0.717, 1.165) is 44.9 Å². The maximum atomic E-state index is 13.0. The molecule has 3 unspecified atom stereocenters. The lowest BCUT2D eigenvalue weighted by Crippen LogP contribution is -2.45. The van der Waals surface area contributed by atoms with Gasteiger partial charge in [-0.1, -0.05) is 320 Å². The molecule has 0 aromatic carbocycles. The lowest BCUT2D eigenvalue weighted by molar-refractivity contribution is -0.870. The van der Waals surface area contributed by atoms with Crippen molar-refractivity contribution in [2.75, 3.05) is 40.9 Å². The smallest absolute Gasteiger partial charge is 0.268 e. The molecule has 0 fully saturated rings. The van der Waals surface area contributed by atoms with Gasteiger partial charge in [0.05, 0.1) is 39.9 Å². The van der Waals surface area contributed by atoms with Gasteiger partial charge in [-0.15, -0.1) is 0 Å². The Balaban J connectivity index is 4.13. The van der Waals surface area contributed by atoms with Crippen molar-refractivity contribution in [2.45, 2.75) is 347 Å². The fourth-order valence-corrected chi connectivity index (χ4v) is 10.9.